The van der Waals surface area contributed by atoms with Gasteiger partial charge < -0.3 is 5.73 Å². The van der Waals surface area contributed by atoms with Crippen molar-refractivity contribution >= 4 is 0 Å². The van der Waals surface area contributed by atoms with Gasteiger partial charge in [0.25, 0.3) is 0 Å². The highest BCUT2D eigenvalue weighted by atomic mass is 19.1. The van der Waals surface area contributed by atoms with Crippen LogP contribution in [0.2, 0.25) is 0 Å². The van der Waals surface area contributed by atoms with Gasteiger partial charge in [0.05, 0.1) is 12.2 Å². The normalized spacial score (nSPS) is 10.8. The third-order valence-corrected chi connectivity index (χ3v) is 2.49. The number of hydrogen-bond acceptors (Lipinski definition) is 3. The van der Waals surface area contributed by atoms with Crippen LogP contribution in [-0.4, -0.2) is 21.5 Å². The molecule has 1 heterocycles. The van der Waals surface area contributed by atoms with E-state index in [9.17, 15) is 8.78 Å². The second kappa shape index (κ2) is 5.68. The maximum absolute atomic E-state index is 13.0. The topological polar surface area (TPSA) is 56.7 Å². The number of hydrogen-bond donors (Lipinski definition) is 1. The smallest absolute Gasteiger partial charge is 0.126 e. The van der Waals surface area contributed by atoms with Gasteiger partial charge in [0.15, 0.2) is 0 Å². The van der Waals surface area contributed by atoms with Crippen LogP contribution in [0, 0.1) is 11.6 Å². The Bertz CT molecular complexity index is 504. The van der Waals surface area contributed by atoms with E-state index in [0.29, 0.717) is 18.7 Å². The van der Waals surface area contributed by atoms with Gasteiger partial charge in [0.1, 0.15) is 11.6 Å². The molecule has 1 aromatic heterocycles. The van der Waals surface area contributed by atoms with Crippen molar-refractivity contribution in [1.82, 2.24) is 15.0 Å². The predicted molar refractivity (Wildman–Crippen MR) is 62.9 cm³/mol. The lowest BCUT2D eigenvalue weighted by Gasteiger charge is -2.01. The fourth-order valence-corrected chi connectivity index (χ4v) is 1.70. The quantitative estimate of drug-likeness (QED) is 0.877. The Morgan fingerprint density at radius 3 is 2.56 bits per heavy atom. The van der Waals surface area contributed by atoms with E-state index < -0.39 is 11.6 Å². The molecule has 2 rings (SSSR count). The molecule has 0 atom stereocenters. The molecular formula is C12H14F2N4. The number of aromatic nitrogens is 3. The summed E-state index contributed by atoms with van der Waals surface area (Å²) in [4.78, 5) is 0. The van der Waals surface area contributed by atoms with Crippen LogP contribution < -0.4 is 5.73 Å². The minimum Gasteiger partial charge on any atom is -0.330 e. The van der Waals surface area contributed by atoms with E-state index in [1.165, 1.54) is 12.1 Å². The molecule has 6 heteroatoms. The number of halogens is 2. The number of nitrogens with zero attached hydrogens (tertiary/aromatic N) is 3. The van der Waals surface area contributed by atoms with E-state index in [-0.39, 0.29) is 0 Å². The second-order valence-corrected chi connectivity index (χ2v) is 4.08. The van der Waals surface area contributed by atoms with Crippen molar-refractivity contribution in [3.63, 3.8) is 0 Å². The average Bonchev–Trinajstić information content (AvgIpc) is 2.72. The Morgan fingerprint density at radius 2 is 1.89 bits per heavy atom. The van der Waals surface area contributed by atoms with Gasteiger partial charge in [0.2, 0.25) is 0 Å². The van der Waals surface area contributed by atoms with Gasteiger partial charge >= 0.3 is 0 Å². The van der Waals surface area contributed by atoms with Gasteiger partial charge in [-0.15, -0.1) is 5.10 Å². The summed E-state index contributed by atoms with van der Waals surface area (Å²) >= 11 is 0. The van der Waals surface area contributed by atoms with Crippen LogP contribution in [0.3, 0.4) is 0 Å². The minimum atomic E-state index is -0.589. The standard InChI is InChI=1S/C12H14F2N4/c13-10-4-9(5-11(14)6-10)7-18-8-12(16-17-18)2-1-3-15/h4-6,8H,1-3,7,15H2. The number of nitrogens with two attached hydrogens (primary N) is 1. The van der Waals surface area contributed by atoms with Crippen molar-refractivity contribution < 1.29 is 8.78 Å². The zero-order valence-electron chi connectivity index (χ0n) is 9.81. The highest BCUT2D eigenvalue weighted by Gasteiger charge is 2.04. The van der Waals surface area contributed by atoms with Crippen molar-refractivity contribution in [2.45, 2.75) is 19.4 Å². The maximum Gasteiger partial charge on any atom is 0.126 e. The molecule has 0 unspecified atom stereocenters. The molecule has 0 fully saturated rings. The van der Waals surface area contributed by atoms with Crippen LogP contribution in [-0.2, 0) is 13.0 Å². The first-order valence-corrected chi connectivity index (χ1v) is 5.71. The van der Waals surface area contributed by atoms with Gasteiger partial charge in [-0.1, -0.05) is 5.21 Å². The lowest BCUT2D eigenvalue weighted by atomic mass is 10.2. The van der Waals surface area contributed by atoms with E-state index in [0.717, 1.165) is 24.6 Å². The lowest BCUT2D eigenvalue weighted by molar-refractivity contribution is 0.572. The maximum atomic E-state index is 13.0. The molecule has 4 nitrogen and oxygen atoms in total. The number of aryl methyl sites for hydroxylation is 1. The zero-order valence-corrected chi connectivity index (χ0v) is 9.81. The van der Waals surface area contributed by atoms with Crippen molar-refractivity contribution in [3.8, 4) is 0 Å². The van der Waals surface area contributed by atoms with Gasteiger partial charge in [-0.25, -0.2) is 13.5 Å². The highest BCUT2D eigenvalue weighted by Crippen LogP contribution is 2.09. The van der Waals surface area contributed by atoms with Crippen molar-refractivity contribution in [3.05, 3.63) is 47.3 Å². The largest absolute Gasteiger partial charge is 0.330 e. The first kappa shape index (κ1) is 12.6. The molecule has 1 aromatic carbocycles. The van der Waals surface area contributed by atoms with Crippen LogP contribution in [0.1, 0.15) is 17.7 Å². The van der Waals surface area contributed by atoms with E-state index in [1.807, 2.05) is 0 Å². The molecule has 0 radical (unpaired) electrons. The molecule has 2 aromatic rings. The van der Waals surface area contributed by atoms with Gasteiger partial charge in [-0.3, -0.25) is 0 Å². The number of rotatable bonds is 5. The summed E-state index contributed by atoms with van der Waals surface area (Å²) in [5.74, 6) is -1.18. The van der Waals surface area contributed by atoms with Crippen LogP contribution >= 0.6 is 0 Å². The summed E-state index contributed by atoms with van der Waals surface area (Å²) in [6, 6.07) is 3.41. The van der Waals surface area contributed by atoms with E-state index in [1.54, 1.807) is 10.9 Å². The molecule has 0 spiro atoms. The van der Waals surface area contributed by atoms with Crippen LogP contribution in [0.25, 0.3) is 0 Å². The molecule has 0 amide bonds. The van der Waals surface area contributed by atoms with Gasteiger partial charge in [-0.05, 0) is 37.1 Å². The summed E-state index contributed by atoms with van der Waals surface area (Å²) in [7, 11) is 0. The summed E-state index contributed by atoms with van der Waals surface area (Å²) < 4.78 is 27.6. The fraction of sp³-hybridized carbons (Fsp3) is 0.333. The Kier molecular flexibility index (Phi) is 3.99. The third-order valence-electron chi connectivity index (χ3n) is 2.49. The molecule has 18 heavy (non-hydrogen) atoms. The first-order valence-electron chi connectivity index (χ1n) is 5.71. The highest BCUT2D eigenvalue weighted by molar-refractivity contribution is 5.18. The number of benzene rings is 1. The van der Waals surface area contributed by atoms with E-state index >= 15 is 0 Å². The Morgan fingerprint density at radius 1 is 1.17 bits per heavy atom. The molecule has 0 aliphatic carbocycles. The molecule has 96 valence electrons. The fourth-order valence-electron chi connectivity index (χ4n) is 1.70. The van der Waals surface area contributed by atoms with Crippen molar-refractivity contribution in [2.75, 3.05) is 6.54 Å². The molecule has 0 saturated heterocycles. The Labute approximate surface area is 103 Å². The molecule has 0 bridgehead atoms. The molecule has 0 aliphatic rings. The van der Waals surface area contributed by atoms with E-state index in [2.05, 4.69) is 10.3 Å². The minimum absolute atomic E-state index is 0.296. The average molecular weight is 252 g/mol. The van der Waals surface area contributed by atoms with Crippen LogP contribution in [0.5, 0.6) is 0 Å². The summed E-state index contributed by atoms with van der Waals surface area (Å²) in [6.07, 6.45) is 3.36. The summed E-state index contributed by atoms with van der Waals surface area (Å²) in [5.41, 5.74) is 6.75. The van der Waals surface area contributed by atoms with Crippen LogP contribution in [0.4, 0.5) is 8.78 Å². The Hall–Kier alpha value is -1.82. The lowest BCUT2D eigenvalue weighted by Crippen LogP contribution is -2.01. The predicted octanol–water partition coefficient (Wildman–Crippen LogP) is 1.50. The second-order valence-electron chi connectivity index (χ2n) is 4.08. The van der Waals surface area contributed by atoms with Crippen molar-refractivity contribution in [1.29, 1.82) is 0 Å². The third kappa shape index (κ3) is 3.33. The molecule has 2 N–H and O–H groups in total. The summed E-state index contributed by atoms with van der Waals surface area (Å²) in [6.45, 7) is 0.895. The SMILES string of the molecule is NCCCc1cn(Cc2cc(F)cc(F)c2)nn1. The van der Waals surface area contributed by atoms with E-state index in [4.69, 9.17) is 5.73 Å². The first-order chi connectivity index (χ1) is 8.67. The monoisotopic (exact) mass is 252 g/mol. The molecule has 0 saturated carbocycles. The molecule has 0 aliphatic heterocycles. The van der Waals surface area contributed by atoms with Gasteiger partial charge in [0, 0.05) is 12.3 Å². The van der Waals surface area contributed by atoms with Crippen LogP contribution in [0.15, 0.2) is 24.4 Å². The Balaban J connectivity index is 2.06. The van der Waals surface area contributed by atoms with Crippen molar-refractivity contribution in [2.24, 2.45) is 5.73 Å². The zero-order chi connectivity index (χ0) is 13.0. The molecular weight excluding hydrogens is 238 g/mol. The summed E-state index contributed by atoms with van der Waals surface area (Å²) in [5, 5.41) is 7.87. The van der Waals surface area contributed by atoms with Gasteiger partial charge in [-0.2, -0.15) is 0 Å².